The van der Waals surface area contributed by atoms with Crippen LogP contribution in [-0.2, 0) is 0 Å². The maximum absolute atomic E-state index is 6.15. The first-order valence-corrected chi connectivity index (χ1v) is 10.3. The SMILES string of the molecule is CC1CCN(C(N)=NCCCCN2CCN(c3ccccc3)CC2)CC1. The van der Waals surface area contributed by atoms with Crippen molar-refractivity contribution in [3.05, 3.63) is 30.3 Å². The topological polar surface area (TPSA) is 48.1 Å². The number of benzene rings is 1. The molecule has 1 aromatic rings. The van der Waals surface area contributed by atoms with Gasteiger partial charge in [-0.05, 0) is 50.3 Å². The number of nitrogens with two attached hydrogens (primary N) is 1. The van der Waals surface area contributed by atoms with Gasteiger partial charge in [-0.25, -0.2) is 0 Å². The van der Waals surface area contributed by atoms with Crippen LogP contribution in [0.15, 0.2) is 35.3 Å². The maximum atomic E-state index is 6.15. The van der Waals surface area contributed by atoms with Crippen LogP contribution in [0.4, 0.5) is 5.69 Å². The average Bonchev–Trinajstić information content (AvgIpc) is 2.69. The van der Waals surface area contributed by atoms with Crippen molar-refractivity contribution < 1.29 is 0 Å². The number of unbranched alkanes of at least 4 members (excludes halogenated alkanes) is 1. The number of nitrogens with zero attached hydrogens (tertiary/aromatic N) is 4. The van der Waals surface area contributed by atoms with Gasteiger partial charge in [0.1, 0.15) is 0 Å². The number of piperidine rings is 1. The van der Waals surface area contributed by atoms with Crippen LogP contribution in [0.3, 0.4) is 0 Å². The Hall–Kier alpha value is -1.75. The van der Waals surface area contributed by atoms with Crippen molar-refractivity contribution in [1.29, 1.82) is 0 Å². The Kier molecular flexibility index (Phi) is 7.18. The van der Waals surface area contributed by atoms with E-state index in [0.29, 0.717) is 0 Å². The summed E-state index contributed by atoms with van der Waals surface area (Å²) in [6, 6.07) is 10.7. The van der Waals surface area contributed by atoms with Gasteiger partial charge in [-0.2, -0.15) is 0 Å². The molecule has 2 heterocycles. The molecule has 0 aliphatic carbocycles. The van der Waals surface area contributed by atoms with Crippen molar-refractivity contribution >= 4 is 11.6 Å². The number of guanidine groups is 1. The summed E-state index contributed by atoms with van der Waals surface area (Å²) in [5, 5.41) is 0. The molecule has 0 atom stereocenters. The lowest BCUT2D eigenvalue weighted by atomic mass is 10.00. The molecule has 2 aliphatic rings. The molecule has 2 aliphatic heterocycles. The van der Waals surface area contributed by atoms with Gasteiger partial charge in [0, 0.05) is 51.5 Å². The first-order chi connectivity index (χ1) is 12.7. The predicted molar refractivity (Wildman–Crippen MR) is 111 cm³/mol. The van der Waals surface area contributed by atoms with Gasteiger partial charge in [0.25, 0.3) is 0 Å². The van der Waals surface area contributed by atoms with Crippen LogP contribution in [0.1, 0.15) is 32.6 Å². The molecule has 2 fully saturated rings. The lowest BCUT2D eigenvalue weighted by Gasteiger charge is -2.36. The lowest BCUT2D eigenvalue weighted by molar-refractivity contribution is 0.253. The van der Waals surface area contributed by atoms with Crippen LogP contribution in [0, 0.1) is 5.92 Å². The highest BCUT2D eigenvalue weighted by atomic mass is 15.3. The van der Waals surface area contributed by atoms with Gasteiger partial charge in [-0.15, -0.1) is 0 Å². The molecule has 1 aromatic carbocycles. The van der Waals surface area contributed by atoms with E-state index >= 15 is 0 Å². The number of likely N-dealkylation sites (tertiary alicyclic amines) is 1. The first kappa shape index (κ1) is 19.0. The van der Waals surface area contributed by atoms with Gasteiger partial charge in [-0.3, -0.25) is 9.89 Å². The molecule has 0 amide bonds. The molecule has 0 bridgehead atoms. The molecule has 5 nitrogen and oxygen atoms in total. The van der Waals surface area contributed by atoms with Gasteiger partial charge in [0.15, 0.2) is 5.96 Å². The molecule has 144 valence electrons. The average molecular weight is 358 g/mol. The second-order valence-corrected chi connectivity index (χ2v) is 7.78. The van der Waals surface area contributed by atoms with Crippen LogP contribution >= 0.6 is 0 Å². The molecule has 2 N–H and O–H groups in total. The van der Waals surface area contributed by atoms with Crippen molar-refractivity contribution in [1.82, 2.24) is 9.80 Å². The zero-order chi connectivity index (χ0) is 18.2. The Morgan fingerprint density at radius 2 is 1.69 bits per heavy atom. The van der Waals surface area contributed by atoms with Crippen molar-refractivity contribution in [3.63, 3.8) is 0 Å². The molecular weight excluding hydrogens is 322 g/mol. The third kappa shape index (κ3) is 5.63. The van der Waals surface area contributed by atoms with Crippen molar-refractivity contribution in [2.45, 2.75) is 32.6 Å². The van der Waals surface area contributed by atoms with E-state index in [0.717, 1.165) is 64.1 Å². The van der Waals surface area contributed by atoms with Crippen molar-refractivity contribution in [2.75, 3.05) is 57.3 Å². The Labute approximate surface area is 158 Å². The van der Waals surface area contributed by atoms with E-state index in [9.17, 15) is 0 Å². The number of piperazine rings is 1. The highest BCUT2D eigenvalue weighted by Gasteiger charge is 2.17. The molecule has 3 rings (SSSR count). The largest absolute Gasteiger partial charge is 0.370 e. The fourth-order valence-corrected chi connectivity index (χ4v) is 3.85. The molecule has 5 heteroatoms. The second kappa shape index (κ2) is 9.81. The minimum Gasteiger partial charge on any atom is -0.370 e. The summed E-state index contributed by atoms with van der Waals surface area (Å²) < 4.78 is 0. The number of aliphatic imine (C=N–C) groups is 1. The number of anilines is 1. The van der Waals surface area contributed by atoms with Crippen LogP contribution in [0.2, 0.25) is 0 Å². The summed E-state index contributed by atoms with van der Waals surface area (Å²) in [5.41, 5.74) is 7.50. The third-order valence-electron chi connectivity index (χ3n) is 5.76. The van der Waals surface area contributed by atoms with Gasteiger partial charge < -0.3 is 15.5 Å². The minimum atomic E-state index is 0.758. The van der Waals surface area contributed by atoms with Crippen molar-refractivity contribution in [2.24, 2.45) is 16.6 Å². The standard InChI is InChI=1S/C21H35N5/c1-19-9-13-26(14-10-19)21(22)23-11-5-6-12-24-15-17-25(18-16-24)20-7-3-2-4-8-20/h2-4,7-8,19H,5-6,9-18H2,1H3,(H2,22,23). The van der Waals surface area contributed by atoms with Crippen molar-refractivity contribution in [3.8, 4) is 0 Å². The second-order valence-electron chi connectivity index (χ2n) is 7.78. The summed E-state index contributed by atoms with van der Waals surface area (Å²) in [6.45, 7) is 11.1. The zero-order valence-electron chi connectivity index (χ0n) is 16.3. The molecule has 2 saturated heterocycles. The first-order valence-electron chi connectivity index (χ1n) is 10.3. The Morgan fingerprint density at radius 1 is 1.00 bits per heavy atom. The van der Waals surface area contributed by atoms with E-state index in [1.807, 2.05) is 0 Å². The molecule has 0 spiro atoms. The quantitative estimate of drug-likeness (QED) is 0.483. The van der Waals surface area contributed by atoms with E-state index in [-0.39, 0.29) is 0 Å². The highest BCUT2D eigenvalue weighted by molar-refractivity contribution is 5.78. The van der Waals surface area contributed by atoms with Gasteiger partial charge in [-0.1, -0.05) is 25.1 Å². The third-order valence-corrected chi connectivity index (χ3v) is 5.76. The monoisotopic (exact) mass is 357 g/mol. The van der Waals surface area contributed by atoms with E-state index in [4.69, 9.17) is 5.73 Å². The Bertz CT molecular complexity index is 543. The number of hydrogen-bond donors (Lipinski definition) is 1. The fourth-order valence-electron chi connectivity index (χ4n) is 3.85. The van der Waals surface area contributed by atoms with E-state index in [1.54, 1.807) is 0 Å². The van der Waals surface area contributed by atoms with Crippen LogP contribution < -0.4 is 10.6 Å². The van der Waals surface area contributed by atoms with Gasteiger partial charge in [0.05, 0.1) is 0 Å². The minimum absolute atomic E-state index is 0.758. The number of hydrogen-bond acceptors (Lipinski definition) is 3. The molecule has 0 radical (unpaired) electrons. The van der Waals surface area contributed by atoms with E-state index < -0.39 is 0 Å². The highest BCUT2D eigenvalue weighted by Crippen LogP contribution is 2.16. The molecule has 0 saturated carbocycles. The molecular formula is C21H35N5. The Balaban J connectivity index is 1.28. The zero-order valence-corrected chi connectivity index (χ0v) is 16.3. The van der Waals surface area contributed by atoms with E-state index in [2.05, 4.69) is 56.9 Å². The van der Waals surface area contributed by atoms with Crippen LogP contribution in [0.25, 0.3) is 0 Å². The fraction of sp³-hybridized carbons (Fsp3) is 0.667. The van der Waals surface area contributed by atoms with Crippen LogP contribution in [0.5, 0.6) is 0 Å². The Morgan fingerprint density at radius 3 is 2.38 bits per heavy atom. The molecule has 0 unspecified atom stereocenters. The summed E-state index contributed by atoms with van der Waals surface area (Å²) in [4.78, 5) is 11.9. The van der Waals surface area contributed by atoms with Gasteiger partial charge >= 0.3 is 0 Å². The maximum Gasteiger partial charge on any atom is 0.191 e. The normalized spacial score (nSPS) is 20.6. The van der Waals surface area contributed by atoms with Crippen LogP contribution in [-0.4, -0.2) is 68.1 Å². The van der Waals surface area contributed by atoms with Gasteiger partial charge in [0.2, 0.25) is 0 Å². The van der Waals surface area contributed by atoms with E-state index in [1.165, 1.54) is 31.5 Å². The predicted octanol–water partition coefficient (Wildman–Crippen LogP) is 2.64. The summed E-state index contributed by atoms with van der Waals surface area (Å²) in [7, 11) is 0. The summed E-state index contributed by atoms with van der Waals surface area (Å²) in [5.74, 6) is 1.59. The molecule has 0 aromatic heterocycles. The number of rotatable bonds is 6. The molecule has 26 heavy (non-hydrogen) atoms. The summed E-state index contributed by atoms with van der Waals surface area (Å²) >= 11 is 0. The lowest BCUT2D eigenvalue weighted by Crippen LogP contribution is -2.46. The summed E-state index contributed by atoms with van der Waals surface area (Å²) in [6.07, 6.45) is 4.82. The smallest absolute Gasteiger partial charge is 0.191 e. The number of para-hydroxylation sites is 1.